The molecule has 0 bridgehead atoms. The number of benzene rings is 1. The Labute approximate surface area is 180 Å². The Balaban J connectivity index is 2.14. The van der Waals surface area contributed by atoms with Gasteiger partial charge in [-0.05, 0) is 30.0 Å². The van der Waals surface area contributed by atoms with E-state index in [9.17, 15) is 14.7 Å². The number of carbonyl (C=O) groups is 2. The first-order valence-electron chi connectivity index (χ1n) is 9.78. The Morgan fingerprint density at radius 1 is 1.27 bits per heavy atom. The number of carboxylic acid groups (broad SMARTS) is 1. The molecule has 1 saturated heterocycles. The van der Waals surface area contributed by atoms with Crippen LogP contribution in [0.1, 0.15) is 51.3 Å². The van der Waals surface area contributed by atoms with Gasteiger partial charge in [0.05, 0.1) is 13.1 Å². The highest BCUT2D eigenvalue weighted by Gasteiger charge is 2.60. The van der Waals surface area contributed by atoms with Gasteiger partial charge in [-0.2, -0.15) is 0 Å². The van der Waals surface area contributed by atoms with Crippen molar-refractivity contribution in [2.24, 2.45) is 5.41 Å². The molecule has 0 aliphatic carbocycles. The van der Waals surface area contributed by atoms with Gasteiger partial charge in [0.15, 0.2) is 5.82 Å². The number of hydrogen-bond donors (Lipinski definition) is 1. The van der Waals surface area contributed by atoms with Crippen LogP contribution in [0.5, 0.6) is 0 Å². The van der Waals surface area contributed by atoms with Crippen LogP contribution >= 0.6 is 11.6 Å². The lowest BCUT2D eigenvalue weighted by molar-refractivity contribution is -0.145. The maximum Gasteiger partial charge on any atom is 0.408 e. The molecule has 1 N–H and O–H groups in total. The molecule has 0 spiro atoms. The van der Waals surface area contributed by atoms with Crippen LogP contribution in [0.25, 0.3) is 0 Å². The monoisotopic (exact) mass is 434 g/mol. The lowest BCUT2D eigenvalue weighted by Crippen LogP contribution is -2.54. The normalized spacial score (nSPS) is 21.7. The molecule has 162 valence electrons. The van der Waals surface area contributed by atoms with E-state index in [0.29, 0.717) is 29.6 Å². The van der Waals surface area contributed by atoms with Crippen LogP contribution in [-0.4, -0.2) is 49.5 Å². The molecule has 2 heterocycles. The summed E-state index contributed by atoms with van der Waals surface area (Å²) >= 11 is 6.01. The minimum atomic E-state index is -1.08. The van der Waals surface area contributed by atoms with Crippen molar-refractivity contribution in [1.82, 2.24) is 19.7 Å². The maximum atomic E-state index is 12.3. The number of hydrogen-bond acceptors (Lipinski definition) is 5. The number of rotatable bonds is 4. The molecule has 9 heteroatoms. The number of halogens is 1. The van der Waals surface area contributed by atoms with E-state index in [1.165, 1.54) is 11.8 Å². The summed E-state index contributed by atoms with van der Waals surface area (Å²) < 4.78 is 7.36. The minimum Gasteiger partial charge on any atom is -0.465 e. The predicted octanol–water partition coefficient (Wildman–Crippen LogP) is 3.85. The molecule has 0 radical (unpaired) electrons. The lowest BCUT2D eigenvalue weighted by atomic mass is 9.70. The lowest BCUT2D eigenvalue weighted by Gasteiger charge is -2.45. The highest BCUT2D eigenvalue weighted by Crippen LogP contribution is 2.51. The van der Waals surface area contributed by atoms with Gasteiger partial charge in [0.25, 0.3) is 0 Å². The molecule has 2 atom stereocenters. The van der Waals surface area contributed by atoms with Crippen molar-refractivity contribution in [3.8, 4) is 0 Å². The third-order valence-electron chi connectivity index (χ3n) is 5.73. The van der Waals surface area contributed by atoms with Crippen molar-refractivity contribution >= 4 is 23.7 Å². The summed E-state index contributed by atoms with van der Waals surface area (Å²) in [5, 5.41) is 19.4. The Hall–Kier alpha value is -2.61. The first kappa shape index (κ1) is 22.1. The minimum absolute atomic E-state index is 0.0824. The summed E-state index contributed by atoms with van der Waals surface area (Å²) in [5.41, 5.74) is -0.576. The van der Waals surface area contributed by atoms with E-state index < -0.39 is 29.1 Å². The van der Waals surface area contributed by atoms with Crippen LogP contribution < -0.4 is 0 Å². The summed E-state index contributed by atoms with van der Waals surface area (Å²) in [6, 6.07) is 7.46. The van der Waals surface area contributed by atoms with Crippen LogP contribution in [0.3, 0.4) is 0 Å². The number of likely N-dealkylation sites (tertiary alicyclic amines) is 1. The van der Waals surface area contributed by atoms with E-state index >= 15 is 0 Å². The summed E-state index contributed by atoms with van der Waals surface area (Å²) in [6.45, 7) is 9.62. The molecule has 1 aromatic carbocycles. The Morgan fingerprint density at radius 3 is 2.43 bits per heavy atom. The number of amides is 1. The fourth-order valence-corrected chi connectivity index (χ4v) is 4.45. The second-order valence-corrected chi connectivity index (χ2v) is 9.16. The first-order chi connectivity index (χ1) is 14.0. The number of esters is 1. The van der Waals surface area contributed by atoms with Gasteiger partial charge in [-0.3, -0.25) is 9.69 Å². The molecule has 1 fully saturated rings. The zero-order valence-electron chi connectivity index (χ0n) is 17.8. The summed E-state index contributed by atoms with van der Waals surface area (Å²) in [7, 11) is 0. The molecular weight excluding hydrogens is 408 g/mol. The Kier molecular flexibility index (Phi) is 5.82. The number of aryl methyl sites for hydroxylation is 1. The summed E-state index contributed by atoms with van der Waals surface area (Å²) in [5.74, 6) is 0.776. The Bertz CT molecular complexity index is 951. The van der Waals surface area contributed by atoms with E-state index in [2.05, 4.69) is 10.2 Å². The SMILES string of the molecule is CC(=O)O[C@H]1CN(C(=O)O)[C@@](c2nnc(C)n2Cc2ccc(Cl)cc2)(C(C)(C)C)C1. The summed E-state index contributed by atoms with van der Waals surface area (Å²) in [4.78, 5) is 25.2. The van der Waals surface area contributed by atoms with E-state index in [0.717, 1.165) is 5.56 Å². The van der Waals surface area contributed by atoms with Crippen LogP contribution in [0.15, 0.2) is 24.3 Å². The van der Waals surface area contributed by atoms with Crippen molar-refractivity contribution < 1.29 is 19.4 Å². The number of aromatic nitrogens is 3. The van der Waals surface area contributed by atoms with Gasteiger partial charge in [-0.1, -0.05) is 44.5 Å². The number of ether oxygens (including phenoxy) is 1. The van der Waals surface area contributed by atoms with Crippen LogP contribution in [0.2, 0.25) is 5.02 Å². The second kappa shape index (κ2) is 7.91. The molecule has 3 rings (SSSR count). The molecule has 1 aliphatic heterocycles. The maximum absolute atomic E-state index is 12.3. The molecule has 0 saturated carbocycles. The average molecular weight is 435 g/mol. The van der Waals surface area contributed by atoms with Crippen molar-refractivity contribution in [3.05, 3.63) is 46.5 Å². The fraction of sp³-hybridized carbons (Fsp3) is 0.524. The van der Waals surface area contributed by atoms with Crippen molar-refractivity contribution in [3.63, 3.8) is 0 Å². The molecule has 1 aliphatic rings. The average Bonchev–Trinajstić information content (AvgIpc) is 3.18. The third-order valence-corrected chi connectivity index (χ3v) is 5.99. The van der Waals surface area contributed by atoms with Gasteiger partial charge < -0.3 is 14.4 Å². The first-order valence-corrected chi connectivity index (χ1v) is 10.2. The highest BCUT2D eigenvalue weighted by atomic mass is 35.5. The van der Waals surface area contributed by atoms with Crippen molar-refractivity contribution in [2.75, 3.05) is 6.54 Å². The van der Waals surface area contributed by atoms with Gasteiger partial charge in [-0.15, -0.1) is 10.2 Å². The van der Waals surface area contributed by atoms with Gasteiger partial charge in [-0.25, -0.2) is 4.79 Å². The zero-order chi connectivity index (χ0) is 22.3. The smallest absolute Gasteiger partial charge is 0.408 e. The van der Waals surface area contributed by atoms with Crippen LogP contribution in [0, 0.1) is 12.3 Å². The molecule has 1 aromatic heterocycles. The molecule has 2 aromatic rings. The second-order valence-electron chi connectivity index (χ2n) is 8.72. The molecule has 30 heavy (non-hydrogen) atoms. The van der Waals surface area contributed by atoms with E-state index in [1.54, 1.807) is 0 Å². The highest BCUT2D eigenvalue weighted by molar-refractivity contribution is 6.30. The zero-order valence-corrected chi connectivity index (χ0v) is 18.6. The van der Waals surface area contributed by atoms with Crippen molar-refractivity contribution in [1.29, 1.82) is 0 Å². The van der Waals surface area contributed by atoms with Crippen molar-refractivity contribution in [2.45, 2.75) is 59.2 Å². The fourth-order valence-electron chi connectivity index (χ4n) is 4.33. The Morgan fingerprint density at radius 2 is 1.90 bits per heavy atom. The molecule has 8 nitrogen and oxygen atoms in total. The molecule has 0 unspecified atom stereocenters. The van der Waals surface area contributed by atoms with E-state index in [4.69, 9.17) is 16.3 Å². The van der Waals surface area contributed by atoms with Gasteiger partial charge in [0.1, 0.15) is 17.5 Å². The molecule has 1 amide bonds. The number of nitrogens with zero attached hydrogens (tertiary/aromatic N) is 4. The van der Waals surface area contributed by atoms with Gasteiger partial charge in [0, 0.05) is 18.4 Å². The third kappa shape index (κ3) is 3.88. The van der Waals surface area contributed by atoms with Crippen LogP contribution in [-0.2, 0) is 21.6 Å². The van der Waals surface area contributed by atoms with E-state index in [1.807, 2.05) is 56.5 Å². The van der Waals surface area contributed by atoms with E-state index in [-0.39, 0.29) is 6.54 Å². The number of carbonyl (C=O) groups excluding carboxylic acids is 1. The quantitative estimate of drug-likeness (QED) is 0.734. The predicted molar refractivity (Wildman–Crippen MR) is 111 cm³/mol. The standard InChI is InChI=1S/C21H27ClN4O4/c1-13-23-24-18(25(13)11-15-6-8-16(22)9-7-15)21(20(3,4)5)10-17(30-14(2)27)12-26(21)19(28)29/h6-9,17H,10-12H2,1-5H3,(H,28,29)/t17-,21+/m1/s1. The van der Waals surface area contributed by atoms with Gasteiger partial charge >= 0.3 is 12.1 Å². The topological polar surface area (TPSA) is 97.6 Å². The van der Waals surface area contributed by atoms with Crippen LogP contribution in [0.4, 0.5) is 4.79 Å². The van der Waals surface area contributed by atoms with Gasteiger partial charge in [0.2, 0.25) is 0 Å². The molecular formula is C21H27ClN4O4. The largest absolute Gasteiger partial charge is 0.465 e. The summed E-state index contributed by atoms with van der Waals surface area (Å²) in [6.07, 6.45) is -1.33.